The van der Waals surface area contributed by atoms with Crippen LogP contribution in [0, 0.1) is 11.7 Å². The van der Waals surface area contributed by atoms with Crippen LogP contribution in [-0.2, 0) is 16.3 Å². The van der Waals surface area contributed by atoms with Crippen LogP contribution in [0.1, 0.15) is 41.9 Å². The van der Waals surface area contributed by atoms with Crippen LogP contribution in [0.15, 0.2) is 72.8 Å². The number of amides is 1. The normalized spacial score (nSPS) is 21.0. The van der Waals surface area contributed by atoms with Gasteiger partial charge in [-0.2, -0.15) is 23.5 Å². The molecule has 0 radical (unpaired) electrons. The minimum absolute atomic E-state index is 0.0806. The molecule has 1 amide bonds. The van der Waals surface area contributed by atoms with E-state index >= 15 is 0 Å². The van der Waals surface area contributed by atoms with Gasteiger partial charge in [-0.15, -0.1) is 0 Å². The summed E-state index contributed by atoms with van der Waals surface area (Å²) in [6, 6.07) is 24.6. The second-order valence-electron chi connectivity index (χ2n) is 12.4. The van der Waals surface area contributed by atoms with Gasteiger partial charge in [0.1, 0.15) is 17.3 Å². The van der Waals surface area contributed by atoms with Gasteiger partial charge in [-0.3, -0.25) is 9.69 Å². The number of nitrogens with one attached hydrogen (secondary N) is 1. The standard InChI is InChI=1S/C37H48FN3O3S2/c1-40-31-12-17-36(40)35(34(22-31)29-8-10-30(38)11-9-29)23-41(19-21-46-26-28-6-15-33(44-3)16-7-28)24-37(42)39-18-20-45-25-27-4-13-32(43-2)14-5-27/h4-11,13-16,31,34-36H,12,17-26H2,1-3H3,(H,39,42)/t31-,34+,35-,36+/m0/s1. The van der Waals surface area contributed by atoms with Crippen molar-refractivity contribution in [2.45, 2.75) is 48.8 Å². The highest BCUT2D eigenvalue weighted by Crippen LogP contribution is 2.46. The van der Waals surface area contributed by atoms with Crippen molar-refractivity contribution in [3.8, 4) is 11.5 Å². The zero-order valence-corrected chi connectivity index (χ0v) is 29.0. The Morgan fingerprint density at radius 3 is 2.11 bits per heavy atom. The molecule has 1 N–H and O–H groups in total. The summed E-state index contributed by atoms with van der Waals surface area (Å²) in [5.74, 6) is 5.99. The first kappa shape index (κ1) is 34.6. The number of rotatable bonds is 17. The van der Waals surface area contributed by atoms with E-state index in [0.717, 1.165) is 54.0 Å². The Hall–Kier alpha value is -2.72. The molecule has 46 heavy (non-hydrogen) atoms. The molecule has 3 aromatic carbocycles. The fraction of sp³-hybridized carbons (Fsp3) is 0.486. The predicted octanol–water partition coefficient (Wildman–Crippen LogP) is 6.69. The van der Waals surface area contributed by atoms with Crippen molar-refractivity contribution in [1.82, 2.24) is 15.1 Å². The van der Waals surface area contributed by atoms with Crippen molar-refractivity contribution < 1.29 is 18.7 Å². The summed E-state index contributed by atoms with van der Waals surface area (Å²) < 4.78 is 24.4. The number of halogens is 1. The maximum atomic E-state index is 13.9. The first-order valence-electron chi connectivity index (χ1n) is 16.3. The highest BCUT2D eigenvalue weighted by Gasteiger charge is 2.46. The van der Waals surface area contributed by atoms with E-state index in [1.54, 1.807) is 26.4 Å². The third kappa shape index (κ3) is 9.66. The van der Waals surface area contributed by atoms with Crippen molar-refractivity contribution in [3.05, 3.63) is 95.3 Å². The van der Waals surface area contributed by atoms with Gasteiger partial charge in [0.25, 0.3) is 0 Å². The van der Waals surface area contributed by atoms with Gasteiger partial charge >= 0.3 is 0 Å². The zero-order valence-electron chi connectivity index (χ0n) is 27.3. The lowest BCUT2D eigenvalue weighted by Gasteiger charge is -2.45. The van der Waals surface area contributed by atoms with Crippen LogP contribution in [0.25, 0.3) is 0 Å². The van der Waals surface area contributed by atoms with Crippen LogP contribution in [-0.4, -0.2) is 86.7 Å². The molecule has 248 valence electrons. The summed E-state index contributed by atoms with van der Waals surface area (Å²) in [6.45, 7) is 2.73. The van der Waals surface area contributed by atoms with Crippen LogP contribution >= 0.6 is 23.5 Å². The average Bonchev–Trinajstić information content (AvgIpc) is 3.32. The lowest BCUT2D eigenvalue weighted by Crippen LogP contribution is -2.51. The second kappa shape index (κ2) is 17.4. The Labute approximate surface area is 282 Å². The number of piperidine rings is 1. The number of hydrogen-bond donors (Lipinski definition) is 1. The maximum absolute atomic E-state index is 13.9. The van der Waals surface area contributed by atoms with Crippen LogP contribution in [0.3, 0.4) is 0 Å². The molecule has 2 aliphatic heterocycles. The van der Waals surface area contributed by atoms with E-state index in [1.807, 2.05) is 59.9 Å². The molecule has 0 unspecified atom stereocenters. The highest BCUT2D eigenvalue weighted by molar-refractivity contribution is 7.98. The van der Waals surface area contributed by atoms with E-state index in [-0.39, 0.29) is 11.7 Å². The highest BCUT2D eigenvalue weighted by atomic mass is 32.2. The van der Waals surface area contributed by atoms with Gasteiger partial charge in [0.05, 0.1) is 20.8 Å². The SMILES string of the molecule is COc1ccc(CSCCNC(=O)CN(CCSCc2ccc(OC)cc2)C[C@H]2[C@@H](c3ccc(F)cc3)C[C@@H]3CC[C@H]2N3C)cc1. The number of benzene rings is 3. The summed E-state index contributed by atoms with van der Waals surface area (Å²) >= 11 is 3.72. The van der Waals surface area contributed by atoms with Crippen molar-refractivity contribution in [1.29, 1.82) is 0 Å². The fourth-order valence-corrected chi connectivity index (χ4v) is 8.77. The first-order chi connectivity index (χ1) is 22.4. The smallest absolute Gasteiger partial charge is 0.234 e. The van der Waals surface area contributed by atoms with Gasteiger partial charge < -0.3 is 19.7 Å². The van der Waals surface area contributed by atoms with Crippen LogP contribution < -0.4 is 14.8 Å². The quantitative estimate of drug-likeness (QED) is 0.161. The fourth-order valence-electron chi connectivity index (χ4n) is 6.99. The largest absolute Gasteiger partial charge is 0.497 e. The first-order valence-corrected chi connectivity index (χ1v) is 18.6. The molecule has 2 saturated heterocycles. The van der Waals surface area contributed by atoms with Gasteiger partial charge in [0.2, 0.25) is 5.91 Å². The van der Waals surface area contributed by atoms with Crippen molar-refractivity contribution in [3.63, 3.8) is 0 Å². The number of nitrogens with zero attached hydrogens (tertiary/aromatic N) is 2. The van der Waals surface area contributed by atoms with Crippen molar-refractivity contribution >= 4 is 29.4 Å². The Balaban J connectivity index is 1.18. The summed E-state index contributed by atoms with van der Waals surface area (Å²) in [4.78, 5) is 18.2. The summed E-state index contributed by atoms with van der Waals surface area (Å²) in [6.07, 6.45) is 3.48. The lowest BCUT2D eigenvalue weighted by atomic mass is 9.76. The number of fused-ring (bicyclic) bond motifs is 2. The monoisotopic (exact) mass is 665 g/mol. The zero-order chi connectivity index (χ0) is 32.3. The molecule has 3 aromatic rings. The van der Waals surface area contributed by atoms with Crippen LogP contribution in [0.4, 0.5) is 4.39 Å². The molecule has 5 rings (SSSR count). The summed E-state index contributed by atoms with van der Waals surface area (Å²) in [7, 11) is 5.63. The molecule has 6 nitrogen and oxygen atoms in total. The Morgan fingerprint density at radius 1 is 0.891 bits per heavy atom. The molecule has 0 aromatic heterocycles. The number of carbonyl (C=O) groups excluding carboxylic acids is 1. The minimum Gasteiger partial charge on any atom is -0.497 e. The minimum atomic E-state index is -0.189. The predicted molar refractivity (Wildman–Crippen MR) is 190 cm³/mol. The molecule has 4 atom stereocenters. The van der Waals surface area contributed by atoms with E-state index < -0.39 is 0 Å². The molecule has 2 heterocycles. The number of ether oxygens (including phenoxy) is 2. The van der Waals surface area contributed by atoms with Gasteiger partial charge in [0, 0.05) is 54.7 Å². The molecule has 2 bridgehead atoms. The second-order valence-corrected chi connectivity index (χ2v) is 14.6. The van der Waals surface area contributed by atoms with Gasteiger partial charge in [-0.25, -0.2) is 4.39 Å². The number of methoxy groups -OCH3 is 2. The molecule has 9 heteroatoms. The average molecular weight is 666 g/mol. The van der Waals surface area contributed by atoms with E-state index in [0.29, 0.717) is 37.0 Å². The Kier molecular flexibility index (Phi) is 13.1. The number of carbonyl (C=O) groups is 1. The molecule has 0 aliphatic carbocycles. The number of thioether (sulfide) groups is 2. The summed E-state index contributed by atoms with van der Waals surface area (Å²) in [5.41, 5.74) is 3.74. The van der Waals surface area contributed by atoms with Crippen LogP contribution in [0.5, 0.6) is 11.5 Å². The molecular weight excluding hydrogens is 618 g/mol. The molecule has 2 fully saturated rings. The topological polar surface area (TPSA) is 54.0 Å². The molecule has 0 saturated carbocycles. The molecule has 0 spiro atoms. The van der Waals surface area contributed by atoms with E-state index in [1.165, 1.54) is 29.5 Å². The van der Waals surface area contributed by atoms with Crippen LogP contribution in [0.2, 0.25) is 0 Å². The van der Waals surface area contributed by atoms with E-state index in [2.05, 4.69) is 46.4 Å². The Morgan fingerprint density at radius 2 is 1.50 bits per heavy atom. The van der Waals surface area contributed by atoms with Gasteiger partial charge in [0.15, 0.2) is 0 Å². The third-order valence-corrected chi connectivity index (χ3v) is 11.6. The maximum Gasteiger partial charge on any atom is 0.234 e. The Bertz CT molecular complexity index is 1360. The summed E-state index contributed by atoms with van der Waals surface area (Å²) in [5, 5.41) is 3.18. The molecular formula is C37H48FN3O3S2. The van der Waals surface area contributed by atoms with E-state index in [9.17, 15) is 9.18 Å². The number of hydrogen-bond acceptors (Lipinski definition) is 7. The third-order valence-electron chi connectivity index (χ3n) is 9.54. The van der Waals surface area contributed by atoms with Crippen molar-refractivity contribution in [2.75, 3.05) is 59.0 Å². The van der Waals surface area contributed by atoms with Gasteiger partial charge in [-0.05, 0) is 91.2 Å². The van der Waals surface area contributed by atoms with Gasteiger partial charge in [-0.1, -0.05) is 36.4 Å². The molecule has 2 aliphatic rings. The van der Waals surface area contributed by atoms with E-state index in [4.69, 9.17) is 9.47 Å². The lowest BCUT2D eigenvalue weighted by molar-refractivity contribution is -0.122. The van der Waals surface area contributed by atoms with Crippen molar-refractivity contribution in [2.24, 2.45) is 5.92 Å².